The SMILES string of the molecule is CCc1cc2c(N3CCC[C@H](C(=O)NCC4CCN(Cc5ccccc5C)CC4)C3)ncnc2s1. The van der Waals surface area contributed by atoms with Crippen LogP contribution in [0.5, 0.6) is 0 Å². The number of carbonyl (C=O) groups is 1. The van der Waals surface area contributed by atoms with Gasteiger partial charge in [-0.05, 0) is 75.2 Å². The van der Waals surface area contributed by atoms with Crippen molar-refractivity contribution in [2.45, 2.75) is 52.5 Å². The molecule has 0 bridgehead atoms. The third-order valence-electron chi connectivity index (χ3n) is 7.73. The predicted octanol–water partition coefficient (Wildman–Crippen LogP) is 4.81. The van der Waals surface area contributed by atoms with E-state index in [2.05, 4.69) is 69.3 Å². The minimum Gasteiger partial charge on any atom is -0.356 e. The summed E-state index contributed by atoms with van der Waals surface area (Å²) in [5.41, 5.74) is 2.80. The molecule has 7 heteroatoms. The van der Waals surface area contributed by atoms with Crippen LogP contribution in [0.25, 0.3) is 10.2 Å². The van der Waals surface area contributed by atoms with Crippen LogP contribution in [0.3, 0.4) is 0 Å². The van der Waals surface area contributed by atoms with Gasteiger partial charge < -0.3 is 10.2 Å². The third kappa shape index (κ3) is 5.67. The number of rotatable bonds is 7. The van der Waals surface area contributed by atoms with Crippen LogP contribution in [-0.4, -0.2) is 53.5 Å². The number of likely N-dealkylation sites (tertiary alicyclic amines) is 1. The number of nitrogens with one attached hydrogen (secondary N) is 1. The Morgan fingerprint density at radius 1 is 1.14 bits per heavy atom. The first-order valence-electron chi connectivity index (χ1n) is 13.1. The summed E-state index contributed by atoms with van der Waals surface area (Å²) in [6.07, 6.45) is 6.96. The molecule has 0 radical (unpaired) electrons. The summed E-state index contributed by atoms with van der Waals surface area (Å²) < 4.78 is 0. The molecule has 0 spiro atoms. The highest BCUT2D eigenvalue weighted by Crippen LogP contribution is 2.32. The summed E-state index contributed by atoms with van der Waals surface area (Å²) >= 11 is 1.75. The minimum atomic E-state index is 0.0270. The average Bonchev–Trinajstić information content (AvgIpc) is 3.33. The van der Waals surface area contributed by atoms with Gasteiger partial charge in [0.05, 0.1) is 11.3 Å². The third-order valence-corrected chi connectivity index (χ3v) is 8.91. The number of amides is 1. The van der Waals surface area contributed by atoms with Gasteiger partial charge in [-0.2, -0.15) is 0 Å². The summed E-state index contributed by atoms with van der Waals surface area (Å²) in [7, 11) is 0. The number of hydrogen-bond acceptors (Lipinski definition) is 6. The molecule has 2 aliphatic rings. The number of hydrogen-bond donors (Lipinski definition) is 1. The molecule has 35 heavy (non-hydrogen) atoms. The number of fused-ring (bicyclic) bond motifs is 1. The molecule has 1 amide bonds. The first kappa shape index (κ1) is 24.2. The van der Waals surface area contributed by atoms with E-state index in [4.69, 9.17) is 0 Å². The van der Waals surface area contributed by atoms with Crippen molar-refractivity contribution >= 4 is 33.3 Å². The zero-order valence-corrected chi connectivity index (χ0v) is 21.8. The van der Waals surface area contributed by atoms with Crippen LogP contribution in [0, 0.1) is 18.8 Å². The molecule has 2 saturated heterocycles. The Balaban J connectivity index is 1.11. The fourth-order valence-electron chi connectivity index (χ4n) is 5.47. The summed E-state index contributed by atoms with van der Waals surface area (Å²) in [5.74, 6) is 1.80. The molecule has 186 valence electrons. The van der Waals surface area contributed by atoms with E-state index in [0.717, 1.165) is 87.4 Å². The molecule has 0 unspecified atom stereocenters. The molecule has 2 aromatic heterocycles. The van der Waals surface area contributed by atoms with Gasteiger partial charge in [0.15, 0.2) is 0 Å². The van der Waals surface area contributed by atoms with Crippen LogP contribution in [0.2, 0.25) is 0 Å². The maximum Gasteiger partial charge on any atom is 0.224 e. The summed E-state index contributed by atoms with van der Waals surface area (Å²) in [6.45, 7) is 10.1. The molecule has 2 aliphatic heterocycles. The Morgan fingerprint density at radius 3 is 2.77 bits per heavy atom. The molecule has 0 aliphatic carbocycles. The molecule has 5 rings (SSSR count). The number of carbonyl (C=O) groups excluding carboxylic acids is 1. The van der Waals surface area contributed by atoms with Crippen LogP contribution in [0.1, 0.15) is 48.6 Å². The van der Waals surface area contributed by atoms with Crippen LogP contribution in [-0.2, 0) is 17.8 Å². The maximum atomic E-state index is 13.1. The van der Waals surface area contributed by atoms with Crippen LogP contribution >= 0.6 is 11.3 Å². The Labute approximate surface area is 212 Å². The molecule has 4 heterocycles. The Hall–Kier alpha value is -2.51. The van der Waals surface area contributed by atoms with E-state index >= 15 is 0 Å². The lowest BCUT2D eigenvalue weighted by molar-refractivity contribution is -0.125. The van der Waals surface area contributed by atoms with Gasteiger partial charge in [0.25, 0.3) is 0 Å². The van der Waals surface area contributed by atoms with Gasteiger partial charge in [0, 0.05) is 31.1 Å². The van der Waals surface area contributed by atoms with Gasteiger partial charge >= 0.3 is 0 Å². The molecule has 3 aromatic rings. The Bertz CT molecular complexity index is 1150. The number of aryl methyl sites for hydroxylation is 2. The number of benzene rings is 1. The first-order chi connectivity index (χ1) is 17.1. The molecule has 2 fully saturated rings. The second kappa shape index (κ2) is 11.0. The molecule has 1 aromatic carbocycles. The van der Waals surface area contributed by atoms with E-state index in [1.54, 1.807) is 17.7 Å². The van der Waals surface area contributed by atoms with Crippen molar-refractivity contribution in [1.29, 1.82) is 0 Å². The molecule has 1 atom stereocenters. The molecular weight excluding hydrogens is 454 g/mol. The zero-order chi connectivity index (χ0) is 24.2. The maximum absolute atomic E-state index is 13.1. The summed E-state index contributed by atoms with van der Waals surface area (Å²) in [5, 5.41) is 4.44. The van der Waals surface area contributed by atoms with Gasteiger partial charge in [-0.15, -0.1) is 11.3 Å². The average molecular weight is 492 g/mol. The number of anilines is 1. The Morgan fingerprint density at radius 2 is 1.97 bits per heavy atom. The fraction of sp³-hybridized carbons (Fsp3) is 0.536. The van der Waals surface area contributed by atoms with Crippen molar-refractivity contribution in [3.05, 3.63) is 52.7 Å². The fourth-order valence-corrected chi connectivity index (χ4v) is 6.40. The van der Waals surface area contributed by atoms with Crippen LogP contribution in [0.4, 0.5) is 5.82 Å². The number of aromatic nitrogens is 2. The van der Waals surface area contributed by atoms with Crippen molar-refractivity contribution in [2.75, 3.05) is 37.6 Å². The first-order valence-corrected chi connectivity index (χ1v) is 13.9. The summed E-state index contributed by atoms with van der Waals surface area (Å²) in [6, 6.07) is 10.9. The van der Waals surface area contributed by atoms with E-state index < -0.39 is 0 Å². The largest absolute Gasteiger partial charge is 0.356 e. The van der Waals surface area contributed by atoms with E-state index in [9.17, 15) is 4.79 Å². The Kier molecular flexibility index (Phi) is 7.63. The van der Waals surface area contributed by atoms with E-state index in [1.807, 2.05) is 0 Å². The lowest BCUT2D eigenvalue weighted by Crippen LogP contribution is -2.45. The van der Waals surface area contributed by atoms with Crippen LogP contribution in [0.15, 0.2) is 36.7 Å². The van der Waals surface area contributed by atoms with E-state index in [1.165, 1.54) is 16.0 Å². The van der Waals surface area contributed by atoms with E-state index in [-0.39, 0.29) is 11.8 Å². The molecule has 0 saturated carbocycles. The summed E-state index contributed by atoms with van der Waals surface area (Å²) in [4.78, 5) is 29.4. The topological polar surface area (TPSA) is 61.4 Å². The van der Waals surface area contributed by atoms with Gasteiger partial charge in [0.1, 0.15) is 17.0 Å². The molecule has 1 N–H and O–H groups in total. The van der Waals surface area contributed by atoms with Crippen molar-refractivity contribution in [1.82, 2.24) is 20.2 Å². The lowest BCUT2D eigenvalue weighted by Gasteiger charge is -2.34. The molecular formula is C28H37N5OS. The minimum absolute atomic E-state index is 0.0270. The van der Waals surface area contributed by atoms with Gasteiger partial charge in [0.2, 0.25) is 5.91 Å². The monoisotopic (exact) mass is 491 g/mol. The van der Waals surface area contributed by atoms with Crippen molar-refractivity contribution in [3.63, 3.8) is 0 Å². The second-order valence-electron chi connectivity index (χ2n) is 10.2. The standard InChI is InChI=1S/C28H37N5OS/c1-3-24-15-25-26(30-19-31-28(25)35-24)33-12-6-9-23(18-33)27(34)29-16-21-10-13-32(14-11-21)17-22-8-5-4-7-20(22)2/h4-5,7-8,15,19,21,23H,3,6,9-14,16-18H2,1-2H3,(H,29,34)/t23-/m0/s1. The van der Waals surface area contributed by atoms with Gasteiger partial charge in [-0.1, -0.05) is 31.2 Å². The highest BCUT2D eigenvalue weighted by Gasteiger charge is 2.28. The molecule has 6 nitrogen and oxygen atoms in total. The second-order valence-corrected chi connectivity index (χ2v) is 11.3. The van der Waals surface area contributed by atoms with Gasteiger partial charge in [-0.25, -0.2) is 9.97 Å². The van der Waals surface area contributed by atoms with Crippen molar-refractivity contribution in [3.8, 4) is 0 Å². The van der Waals surface area contributed by atoms with E-state index in [0.29, 0.717) is 5.92 Å². The quantitative estimate of drug-likeness (QED) is 0.514. The van der Waals surface area contributed by atoms with Crippen LogP contribution < -0.4 is 10.2 Å². The van der Waals surface area contributed by atoms with Crippen molar-refractivity contribution < 1.29 is 4.79 Å². The lowest BCUT2D eigenvalue weighted by atomic mass is 9.94. The smallest absolute Gasteiger partial charge is 0.224 e. The highest BCUT2D eigenvalue weighted by molar-refractivity contribution is 7.18. The zero-order valence-electron chi connectivity index (χ0n) is 21.0. The normalized spacial score (nSPS) is 19.8. The number of nitrogens with zero attached hydrogens (tertiary/aromatic N) is 4. The van der Waals surface area contributed by atoms with Gasteiger partial charge in [-0.3, -0.25) is 9.69 Å². The predicted molar refractivity (Wildman–Crippen MR) is 144 cm³/mol. The van der Waals surface area contributed by atoms with Crippen molar-refractivity contribution in [2.24, 2.45) is 11.8 Å². The number of thiophene rings is 1. The number of piperidine rings is 2. The highest BCUT2D eigenvalue weighted by atomic mass is 32.1.